The third-order valence-electron chi connectivity index (χ3n) is 2.17. The fourth-order valence-corrected chi connectivity index (χ4v) is 1.61. The van der Waals surface area contributed by atoms with Crippen LogP contribution in [-0.2, 0) is 16.1 Å². The molecule has 0 atom stereocenters. The molecule has 0 radical (unpaired) electrons. The van der Waals surface area contributed by atoms with Gasteiger partial charge in [-0.25, -0.2) is 4.98 Å². The predicted octanol–water partition coefficient (Wildman–Crippen LogP) is 3.72. The highest BCUT2D eigenvalue weighted by Gasteiger charge is 2.02. The normalized spacial score (nSPS) is 10.8. The molecule has 0 aliphatic heterocycles. The molecule has 1 heterocycles. The van der Waals surface area contributed by atoms with Crippen molar-refractivity contribution in [3.05, 3.63) is 28.0 Å². The van der Waals surface area contributed by atoms with Crippen LogP contribution in [0, 0.1) is 0 Å². The lowest BCUT2D eigenvalue weighted by atomic mass is 10.3. The van der Waals surface area contributed by atoms with E-state index in [-0.39, 0.29) is 0 Å². The second-order valence-corrected chi connectivity index (χ2v) is 4.41. The number of unbranched alkanes of at least 4 members (excludes halogenated alkanes) is 1. The van der Waals surface area contributed by atoms with E-state index in [1.807, 2.05) is 0 Å². The Morgan fingerprint density at radius 3 is 2.65 bits per heavy atom. The summed E-state index contributed by atoms with van der Waals surface area (Å²) in [5.41, 5.74) is 0.838. The van der Waals surface area contributed by atoms with E-state index in [9.17, 15) is 0 Å². The van der Waals surface area contributed by atoms with Gasteiger partial charge < -0.3 is 9.47 Å². The van der Waals surface area contributed by atoms with E-state index < -0.39 is 0 Å². The van der Waals surface area contributed by atoms with Gasteiger partial charge in [0.05, 0.1) is 24.8 Å². The molecule has 0 saturated carbocycles. The third kappa shape index (κ3) is 6.22. The van der Waals surface area contributed by atoms with Gasteiger partial charge in [-0.2, -0.15) is 0 Å². The van der Waals surface area contributed by atoms with Crippen molar-refractivity contribution in [1.29, 1.82) is 0 Å². The number of aromatic nitrogens is 1. The first kappa shape index (κ1) is 14.7. The van der Waals surface area contributed by atoms with Crippen LogP contribution in [0.15, 0.2) is 12.3 Å². The van der Waals surface area contributed by atoms with Crippen molar-refractivity contribution in [1.82, 2.24) is 4.98 Å². The monoisotopic (exact) mass is 277 g/mol. The average Bonchev–Trinajstić information content (AvgIpc) is 2.30. The molecule has 0 aliphatic rings. The second kappa shape index (κ2) is 8.70. The van der Waals surface area contributed by atoms with E-state index in [1.54, 1.807) is 12.3 Å². The lowest BCUT2D eigenvalue weighted by Gasteiger charge is -2.06. The number of ether oxygens (including phenoxy) is 2. The van der Waals surface area contributed by atoms with Gasteiger partial charge in [0, 0.05) is 18.4 Å². The SMILES string of the molecule is CCCCOCCOCc1cnc(Cl)cc1Cl. The van der Waals surface area contributed by atoms with Crippen LogP contribution in [-0.4, -0.2) is 24.8 Å². The molecule has 0 N–H and O–H groups in total. The first-order chi connectivity index (χ1) is 8.24. The van der Waals surface area contributed by atoms with Crippen LogP contribution in [0.25, 0.3) is 0 Å². The number of nitrogens with zero attached hydrogens (tertiary/aromatic N) is 1. The molecule has 96 valence electrons. The standard InChI is InChI=1S/C12H17Cl2NO2/c1-2-3-4-16-5-6-17-9-10-8-15-12(14)7-11(10)13/h7-8H,2-6,9H2,1H3. The highest BCUT2D eigenvalue weighted by atomic mass is 35.5. The smallest absolute Gasteiger partial charge is 0.130 e. The Bertz CT molecular complexity index is 334. The molecule has 0 fully saturated rings. The molecule has 0 spiro atoms. The first-order valence-electron chi connectivity index (χ1n) is 5.69. The summed E-state index contributed by atoms with van der Waals surface area (Å²) in [7, 11) is 0. The van der Waals surface area contributed by atoms with Gasteiger partial charge in [-0.15, -0.1) is 0 Å². The van der Waals surface area contributed by atoms with Crippen LogP contribution in [0.3, 0.4) is 0 Å². The maximum atomic E-state index is 5.98. The fraction of sp³-hybridized carbons (Fsp3) is 0.583. The summed E-state index contributed by atoms with van der Waals surface area (Å²) in [4.78, 5) is 3.95. The summed E-state index contributed by atoms with van der Waals surface area (Å²) in [6, 6.07) is 1.61. The molecule has 1 aromatic heterocycles. The van der Waals surface area contributed by atoms with Crippen molar-refractivity contribution < 1.29 is 9.47 Å². The molecule has 0 aromatic carbocycles. The Hall–Kier alpha value is -0.350. The molecule has 17 heavy (non-hydrogen) atoms. The van der Waals surface area contributed by atoms with E-state index in [4.69, 9.17) is 32.7 Å². The Labute approximate surface area is 112 Å². The summed E-state index contributed by atoms with van der Waals surface area (Å²) >= 11 is 11.7. The first-order valence-corrected chi connectivity index (χ1v) is 6.45. The maximum absolute atomic E-state index is 5.98. The third-order valence-corrected chi connectivity index (χ3v) is 2.73. The van der Waals surface area contributed by atoms with Crippen LogP contribution in [0.1, 0.15) is 25.3 Å². The summed E-state index contributed by atoms with van der Waals surface area (Å²) in [5, 5.41) is 0.971. The van der Waals surface area contributed by atoms with Crippen LogP contribution in [0.4, 0.5) is 0 Å². The second-order valence-electron chi connectivity index (χ2n) is 3.62. The minimum atomic E-state index is 0.390. The van der Waals surface area contributed by atoms with Gasteiger partial charge in [0.1, 0.15) is 5.15 Å². The lowest BCUT2D eigenvalue weighted by Crippen LogP contribution is -2.05. The van der Waals surface area contributed by atoms with Gasteiger partial charge in [0.15, 0.2) is 0 Å². The van der Waals surface area contributed by atoms with E-state index in [2.05, 4.69) is 11.9 Å². The van der Waals surface area contributed by atoms with Gasteiger partial charge >= 0.3 is 0 Å². The quantitative estimate of drug-likeness (QED) is 0.536. The molecule has 0 amide bonds. The van der Waals surface area contributed by atoms with Crippen molar-refractivity contribution in [2.24, 2.45) is 0 Å². The van der Waals surface area contributed by atoms with Gasteiger partial charge in [-0.1, -0.05) is 36.5 Å². The number of hydrogen-bond donors (Lipinski definition) is 0. The fourth-order valence-electron chi connectivity index (χ4n) is 1.19. The minimum Gasteiger partial charge on any atom is -0.379 e. The molecular formula is C12H17Cl2NO2. The zero-order valence-electron chi connectivity index (χ0n) is 9.92. The Morgan fingerprint density at radius 2 is 1.94 bits per heavy atom. The molecule has 3 nitrogen and oxygen atoms in total. The van der Waals surface area contributed by atoms with Crippen LogP contribution >= 0.6 is 23.2 Å². The van der Waals surface area contributed by atoms with Gasteiger partial charge in [0.25, 0.3) is 0 Å². The van der Waals surface area contributed by atoms with Crippen LogP contribution in [0.5, 0.6) is 0 Å². The van der Waals surface area contributed by atoms with Crippen molar-refractivity contribution >= 4 is 23.2 Å². The molecule has 0 unspecified atom stereocenters. The molecule has 5 heteroatoms. The van der Waals surface area contributed by atoms with Crippen molar-refractivity contribution in [3.63, 3.8) is 0 Å². The van der Waals surface area contributed by atoms with E-state index >= 15 is 0 Å². The largest absolute Gasteiger partial charge is 0.379 e. The number of halogens is 2. The number of hydrogen-bond acceptors (Lipinski definition) is 3. The molecule has 1 aromatic rings. The van der Waals surface area contributed by atoms with Crippen molar-refractivity contribution in [3.8, 4) is 0 Å². The van der Waals surface area contributed by atoms with Gasteiger partial charge in [-0.05, 0) is 12.5 Å². The lowest BCUT2D eigenvalue weighted by molar-refractivity contribution is 0.0396. The van der Waals surface area contributed by atoms with E-state index in [0.29, 0.717) is 30.0 Å². The molecule has 0 saturated heterocycles. The Balaban J connectivity index is 2.14. The van der Waals surface area contributed by atoms with Crippen LogP contribution < -0.4 is 0 Å². The number of rotatable bonds is 8. The molecule has 0 aliphatic carbocycles. The van der Waals surface area contributed by atoms with Crippen molar-refractivity contribution in [2.75, 3.05) is 19.8 Å². The molecule has 0 bridgehead atoms. The Kier molecular flexibility index (Phi) is 7.53. The van der Waals surface area contributed by atoms with Gasteiger partial charge in [0.2, 0.25) is 0 Å². The van der Waals surface area contributed by atoms with Crippen molar-refractivity contribution in [2.45, 2.75) is 26.4 Å². The zero-order valence-corrected chi connectivity index (χ0v) is 11.4. The van der Waals surface area contributed by atoms with E-state index in [1.165, 1.54) is 0 Å². The minimum absolute atomic E-state index is 0.390. The van der Waals surface area contributed by atoms with Crippen LogP contribution in [0.2, 0.25) is 10.2 Å². The highest BCUT2D eigenvalue weighted by Crippen LogP contribution is 2.19. The summed E-state index contributed by atoms with van der Waals surface area (Å²) in [6.07, 6.45) is 3.86. The summed E-state index contributed by atoms with van der Waals surface area (Å²) < 4.78 is 10.8. The Morgan fingerprint density at radius 1 is 1.18 bits per heavy atom. The summed E-state index contributed by atoms with van der Waals surface area (Å²) in [6.45, 7) is 4.53. The maximum Gasteiger partial charge on any atom is 0.130 e. The molecule has 1 rings (SSSR count). The number of pyridine rings is 1. The summed E-state index contributed by atoms with van der Waals surface area (Å²) in [5.74, 6) is 0. The zero-order chi connectivity index (χ0) is 12.5. The highest BCUT2D eigenvalue weighted by molar-refractivity contribution is 6.34. The topological polar surface area (TPSA) is 31.4 Å². The molecular weight excluding hydrogens is 261 g/mol. The predicted molar refractivity (Wildman–Crippen MR) is 69.6 cm³/mol. The van der Waals surface area contributed by atoms with Gasteiger partial charge in [-0.3, -0.25) is 0 Å². The van der Waals surface area contributed by atoms with E-state index in [0.717, 1.165) is 25.0 Å². The average molecular weight is 278 g/mol.